The van der Waals surface area contributed by atoms with Crippen molar-refractivity contribution >= 4 is 53.3 Å². The fraction of sp³-hybridized carbons (Fsp3) is 0.460. The number of aliphatic carboxylic acids is 2. The molecule has 0 bridgehead atoms. The van der Waals surface area contributed by atoms with Gasteiger partial charge < -0.3 is 57.3 Å². The van der Waals surface area contributed by atoms with E-state index >= 15 is 0 Å². The highest BCUT2D eigenvalue weighted by Crippen LogP contribution is 2.19. The molecule has 0 aliphatic carbocycles. The van der Waals surface area contributed by atoms with Crippen molar-refractivity contribution in [3.63, 3.8) is 0 Å². The summed E-state index contributed by atoms with van der Waals surface area (Å²) in [5.41, 5.74) is 1.72. The molecule has 7 amide bonds. The lowest BCUT2D eigenvalue weighted by molar-refractivity contribution is -0.144. The topological polar surface area (TPSA) is 308 Å². The number of carboxylic acids is 2. The van der Waals surface area contributed by atoms with E-state index in [0.717, 1.165) is 5.56 Å². The van der Waals surface area contributed by atoms with Crippen molar-refractivity contribution in [1.82, 2.24) is 37.2 Å². The summed E-state index contributed by atoms with van der Waals surface area (Å²) in [6.45, 7) is 13.5. The first-order valence-corrected chi connectivity index (χ1v) is 22.9. The van der Waals surface area contributed by atoms with Crippen molar-refractivity contribution in [2.45, 2.75) is 122 Å². The molecule has 20 nitrogen and oxygen atoms in total. The molecule has 380 valence electrons. The summed E-state index contributed by atoms with van der Waals surface area (Å²) in [6, 6.07) is 6.66. The molecule has 70 heavy (non-hydrogen) atoms. The SMILES string of the molecule is C=C1NC(=O)CC[C@H](C(=O)O)NC(=O)[C@@H](C)C(/C=C/C(C)=C/[C@H](C)[C@H](Cc2ccccc2)OC)NC(=O)C(Cc2ccc(O)cc2)NC(=O)CC(C(=O)O)NC(=O)[C@H](CC(C)C)NC(=O)[C@@H](C)NC1=O. The zero-order valence-electron chi connectivity index (χ0n) is 40.6. The van der Waals surface area contributed by atoms with Crippen LogP contribution in [0.1, 0.15) is 78.4 Å². The quantitative estimate of drug-likeness (QED) is 0.102. The van der Waals surface area contributed by atoms with Crippen LogP contribution < -0.4 is 37.2 Å². The molecule has 1 fully saturated rings. The minimum Gasteiger partial charge on any atom is -0.508 e. The average molecular weight is 974 g/mol. The molecule has 3 rings (SSSR count). The van der Waals surface area contributed by atoms with E-state index in [1.807, 2.05) is 43.3 Å². The maximum atomic E-state index is 14.4. The van der Waals surface area contributed by atoms with Gasteiger partial charge in [-0.3, -0.25) is 33.6 Å². The third kappa shape index (κ3) is 19.0. The minimum atomic E-state index is -1.86. The summed E-state index contributed by atoms with van der Waals surface area (Å²) in [5, 5.41) is 47.3. The number of nitrogens with one attached hydrogen (secondary N) is 7. The second-order valence-electron chi connectivity index (χ2n) is 17.9. The Labute approximate surface area is 407 Å². The first kappa shape index (κ1) is 57.0. The Bertz CT molecular complexity index is 2260. The van der Waals surface area contributed by atoms with Gasteiger partial charge >= 0.3 is 11.9 Å². The lowest BCUT2D eigenvalue weighted by Crippen LogP contribution is -2.57. The van der Waals surface area contributed by atoms with Crippen LogP contribution in [-0.4, -0.2) is 118 Å². The maximum absolute atomic E-state index is 14.4. The van der Waals surface area contributed by atoms with Crippen molar-refractivity contribution in [2.24, 2.45) is 17.8 Å². The summed E-state index contributed by atoms with van der Waals surface area (Å²) in [7, 11) is 1.61. The van der Waals surface area contributed by atoms with E-state index in [1.165, 1.54) is 44.2 Å². The van der Waals surface area contributed by atoms with Crippen LogP contribution in [-0.2, 0) is 60.7 Å². The molecule has 1 saturated heterocycles. The number of carbonyl (C=O) groups is 9. The van der Waals surface area contributed by atoms with E-state index in [4.69, 9.17) is 4.74 Å². The van der Waals surface area contributed by atoms with Crippen LogP contribution in [0.4, 0.5) is 0 Å². The summed E-state index contributed by atoms with van der Waals surface area (Å²) < 4.78 is 5.81. The number of carboxylic acid groups (broad SMARTS) is 2. The number of amides is 7. The van der Waals surface area contributed by atoms with E-state index in [9.17, 15) is 58.5 Å². The number of hydrogen-bond acceptors (Lipinski definition) is 11. The molecule has 3 unspecified atom stereocenters. The number of methoxy groups -OCH3 is 1. The number of benzene rings is 2. The van der Waals surface area contributed by atoms with Crippen molar-refractivity contribution in [3.8, 4) is 5.75 Å². The molecule has 1 aliphatic heterocycles. The molecule has 0 spiro atoms. The van der Waals surface area contributed by atoms with Crippen molar-refractivity contribution in [3.05, 3.63) is 102 Å². The second-order valence-corrected chi connectivity index (χ2v) is 17.9. The zero-order chi connectivity index (χ0) is 52.2. The van der Waals surface area contributed by atoms with Gasteiger partial charge in [-0.1, -0.05) is 101 Å². The lowest BCUT2D eigenvalue weighted by Gasteiger charge is -2.27. The molecule has 1 aliphatic rings. The normalized spacial score (nSPS) is 24.3. The van der Waals surface area contributed by atoms with Gasteiger partial charge in [-0.25, -0.2) is 9.59 Å². The van der Waals surface area contributed by atoms with Crippen molar-refractivity contribution in [2.75, 3.05) is 7.11 Å². The smallest absolute Gasteiger partial charge is 0.326 e. The van der Waals surface area contributed by atoms with E-state index < -0.39 is 120 Å². The van der Waals surface area contributed by atoms with Crippen LogP contribution in [0, 0.1) is 17.8 Å². The Morgan fingerprint density at radius 1 is 0.757 bits per heavy atom. The Balaban J connectivity index is 2.10. The van der Waals surface area contributed by atoms with Gasteiger partial charge in [0.1, 0.15) is 36.0 Å². The minimum absolute atomic E-state index is 0.00736. The highest BCUT2D eigenvalue weighted by Gasteiger charge is 2.34. The summed E-state index contributed by atoms with van der Waals surface area (Å²) in [6.07, 6.45) is 3.48. The van der Waals surface area contributed by atoms with Crippen LogP contribution in [0.2, 0.25) is 0 Å². The highest BCUT2D eigenvalue weighted by molar-refractivity contribution is 6.00. The van der Waals surface area contributed by atoms with Crippen LogP contribution in [0.5, 0.6) is 5.75 Å². The molecule has 2 aromatic carbocycles. The highest BCUT2D eigenvalue weighted by atomic mass is 16.5. The van der Waals surface area contributed by atoms with Gasteiger partial charge in [0.2, 0.25) is 35.4 Å². The monoisotopic (exact) mass is 973 g/mol. The van der Waals surface area contributed by atoms with Gasteiger partial charge in [0.25, 0.3) is 5.91 Å². The fourth-order valence-corrected chi connectivity index (χ4v) is 7.39. The molecule has 0 radical (unpaired) electrons. The standard InChI is InChI=1S/C50H67N7O13/c1-27(2)22-38-47(64)57-40(50(68)69)26-43(60)53-39(24-34-15-17-35(58)18-16-34)48(65)54-36(19-14-28(3)23-29(4)41(70-8)25-33-12-10-9-11-13-33)30(5)44(61)55-37(49(66)67)20-21-42(59)51-31(6)45(62)52-32(7)46(63)56-38/h9-19,23,27,29-30,32,36-41,58H,6,20-22,24-26H2,1-5,7-8H3,(H,51,59)(H,52,62)(H,53,60)(H,54,65)(H,55,61)(H,56,63)(H,57,64)(H,66,67)(H,68,69)/b19-14+,28-23+/t29-,30-,32+,36?,37+,38-,39?,40?,41-/m0/s1. The largest absolute Gasteiger partial charge is 0.508 e. The summed E-state index contributed by atoms with van der Waals surface area (Å²) >= 11 is 0. The number of aromatic hydroxyl groups is 1. The van der Waals surface area contributed by atoms with E-state index in [2.05, 4.69) is 43.8 Å². The van der Waals surface area contributed by atoms with Crippen LogP contribution in [0.15, 0.2) is 90.7 Å². The number of phenolic OH excluding ortho intramolecular Hbond substituents is 1. The van der Waals surface area contributed by atoms with Crippen LogP contribution in [0.25, 0.3) is 0 Å². The number of hydrogen-bond donors (Lipinski definition) is 10. The first-order valence-electron chi connectivity index (χ1n) is 22.9. The Morgan fingerprint density at radius 2 is 1.37 bits per heavy atom. The Kier molecular flexibility index (Phi) is 22.5. The van der Waals surface area contributed by atoms with E-state index in [0.29, 0.717) is 17.6 Å². The van der Waals surface area contributed by atoms with Gasteiger partial charge in [0.05, 0.1) is 30.2 Å². The molecule has 20 heteroatoms. The van der Waals surface area contributed by atoms with E-state index in [1.54, 1.807) is 34.0 Å². The lowest BCUT2D eigenvalue weighted by atomic mass is 9.94. The third-order valence-electron chi connectivity index (χ3n) is 11.5. The maximum Gasteiger partial charge on any atom is 0.326 e. The number of rotatable bonds is 13. The molecule has 10 N–H and O–H groups in total. The van der Waals surface area contributed by atoms with Crippen LogP contribution in [0.3, 0.4) is 0 Å². The molecule has 0 aromatic heterocycles. The van der Waals surface area contributed by atoms with E-state index in [-0.39, 0.29) is 36.5 Å². The van der Waals surface area contributed by atoms with Crippen LogP contribution >= 0.6 is 0 Å². The van der Waals surface area contributed by atoms with Gasteiger partial charge in [-0.05, 0) is 62.3 Å². The van der Waals surface area contributed by atoms with Gasteiger partial charge in [-0.2, -0.15) is 0 Å². The predicted octanol–water partition coefficient (Wildman–Crippen LogP) is 1.92. The van der Waals surface area contributed by atoms with Crippen molar-refractivity contribution in [1.29, 1.82) is 0 Å². The summed E-state index contributed by atoms with van der Waals surface area (Å²) in [4.78, 5) is 120. The molecule has 2 aromatic rings. The fourth-order valence-electron chi connectivity index (χ4n) is 7.39. The second kappa shape index (κ2) is 27.6. The third-order valence-corrected chi connectivity index (χ3v) is 11.5. The summed E-state index contributed by atoms with van der Waals surface area (Å²) in [5.74, 6) is -11.1. The Hall–Kier alpha value is -7.35. The number of phenols is 1. The molecule has 0 saturated carbocycles. The molecular formula is C50H67N7O13. The van der Waals surface area contributed by atoms with Gasteiger partial charge in [0, 0.05) is 25.9 Å². The predicted molar refractivity (Wildman–Crippen MR) is 257 cm³/mol. The molecule has 9 atom stereocenters. The first-order chi connectivity index (χ1) is 33.0. The van der Waals surface area contributed by atoms with Crippen molar-refractivity contribution < 1.29 is 63.2 Å². The zero-order valence-corrected chi connectivity index (χ0v) is 40.6. The number of allylic oxidation sites excluding steroid dienone is 2. The number of ether oxygens (including phenoxy) is 1. The molecule has 1 heterocycles. The Morgan fingerprint density at radius 3 is 1.97 bits per heavy atom. The molecular weight excluding hydrogens is 907 g/mol. The number of carbonyl (C=O) groups excluding carboxylic acids is 7. The average Bonchev–Trinajstić information content (AvgIpc) is 3.29. The van der Waals surface area contributed by atoms with Gasteiger partial charge in [-0.15, -0.1) is 0 Å². The van der Waals surface area contributed by atoms with Gasteiger partial charge in [0.15, 0.2) is 0 Å².